The van der Waals surface area contributed by atoms with E-state index in [0.29, 0.717) is 25.5 Å². The molecule has 3 rings (SSSR count). The lowest BCUT2D eigenvalue weighted by atomic mass is 9.97. The van der Waals surface area contributed by atoms with Crippen molar-refractivity contribution in [2.45, 2.75) is 32.7 Å². The second kappa shape index (κ2) is 7.50. The summed E-state index contributed by atoms with van der Waals surface area (Å²) >= 11 is 0. The number of amides is 2. The number of carbonyl (C=O) groups is 2. The second-order valence-electron chi connectivity index (χ2n) is 6.20. The number of fused-ring (bicyclic) bond motifs is 1. The van der Waals surface area contributed by atoms with Gasteiger partial charge in [-0.15, -0.1) is 10.2 Å². The number of hydrogen-bond acceptors (Lipinski definition) is 5. The molecule has 1 aliphatic heterocycles. The molecule has 0 spiro atoms. The highest BCUT2D eigenvalue weighted by atomic mass is 16.6. The number of aromatic nitrogens is 3. The number of nitrogens with one attached hydrogen (secondary N) is 1. The van der Waals surface area contributed by atoms with Crippen molar-refractivity contribution in [2.24, 2.45) is 5.92 Å². The third kappa shape index (κ3) is 3.72. The summed E-state index contributed by atoms with van der Waals surface area (Å²) in [6.45, 7) is 5.01. The van der Waals surface area contributed by atoms with E-state index >= 15 is 0 Å². The fraction of sp³-hybridized carbons (Fsp3) is 0.529. The lowest BCUT2D eigenvalue weighted by Gasteiger charge is -2.31. The first kappa shape index (κ1) is 17.2. The van der Waals surface area contributed by atoms with E-state index in [1.807, 2.05) is 35.7 Å². The number of rotatable bonds is 4. The molecule has 8 nitrogen and oxygen atoms in total. The summed E-state index contributed by atoms with van der Waals surface area (Å²) in [5, 5.41) is 11.3. The number of ether oxygens (including phenoxy) is 1. The number of piperidine rings is 1. The summed E-state index contributed by atoms with van der Waals surface area (Å²) < 4.78 is 6.89. The Balaban J connectivity index is 1.64. The second-order valence-corrected chi connectivity index (χ2v) is 6.20. The summed E-state index contributed by atoms with van der Waals surface area (Å²) in [5.41, 5.74) is 0.741. The van der Waals surface area contributed by atoms with E-state index in [1.165, 1.54) is 0 Å². The molecule has 1 aliphatic rings. The van der Waals surface area contributed by atoms with Crippen LogP contribution in [0.3, 0.4) is 0 Å². The molecule has 1 N–H and O–H groups in total. The van der Waals surface area contributed by atoms with Gasteiger partial charge in [-0.2, -0.15) is 0 Å². The highest BCUT2D eigenvalue weighted by Crippen LogP contribution is 2.19. The minimum atomic E-state index is -0.350. The van der Waals surface area contributed by atoms with Crippen molar-refractivity contribution < 1.29 is 14.3 Å². The molecule has 2 amide bonds. The van der Waals surface area contributed by atoms with Crippen LogP contribution in [0.1, 0.15) is 38.6 Å². The van der Waals surface area contributed by atoms with Crippen molar-refractivity contribution in [2.75, 3.05) is 19.7 Å². The Hall–Kier alpha value is -2.64. The van der Waals surface area contributed by atoms with Crippen LogP contribution >= 0.6 is 0 Å². The molecular formula is C17H23N5O3. The SMILES string of the molecule is CCOC(=O)N1CCCC(C(=O)NC(C)c2nnc3ccccn23)C1. The van der Waals surface area contributed by atoms with Gasteiger partial charge in [0.25, 0.3) is 0 Å². The van der Waals surface area contributed by atoms with E-state index < -0.39 is 0 Å². The van der Waals surface area contributed by atoms with Crippen LogP contribution in [0.25, 0.3) is 5.65 Å². The predicted molar refractivity (Wildman–Crippen MR) is 90.9 cm³/mol. The van der Waals surface area contributed by atoms with Crippen LogP contribution in [0, 0.1) is 5.92 Å². The zero-order valence-electron chi connectivity index (χ0n) is 14.5. The Labute approximate surface area is 146 Å². The maximum atomic E-state index is 12.6. The van der Waals surface area contributed by atoms with E-state index in [-0.39, 0.29) is 24.0 Å². The normalized spacial score (nSPS) is 18.8. The van der Waals surface area contributed by atoms with Crippen LogP contribution in [-0.2, 0) is 9.53 Å². The molecule has 2 atom stereocenters. The van der Waals surface area contributed by atoms with Gasteiger partial charge < -0.3 is 15.0 Å². The average Bonchev–Trinajstić information content (AvgIpc) is 3.06. The number of pyridine rings is 1. The Morgan fingerprint density at radius 3 is 3.04 bits per heavy atom. The van der Waals surface area contributed by atoms with E-state index in [2.05, 4.69) is 15.5 Å². The summed E-state index contributed by atoms with van der Waals surface area (Å²) in [4.78, 5) is 26.1. The Bertz CT molecular complexity index is 760. The predicted octanol–water partition coefficient (Wildman–Crippen LogP) is 1.77. The zero-order chi connectivity index (χ0) is 17.8. The summed E-state index contributed by atoms with van der Waals surface area (Å²) in [6.07, 6.45) is 3.07. The van der Waals surface area contributed by atoms with Crippen LogP contribution in [0.4, 0.5) is 4.79 Å². The number of nitrogens with zero attached hydrogens (tertiary/aromatic N) is 4. The number of carbonyl (C=O) groups excluding carboxylic acids is 2. The summed E-state index contributed by atoms with van der Waals surface area (Å²) in [6, 6.07) is 5.38. The van der Waals surface area contributed by atoms with Gasteiger partial charge in [0.15, 0.2) is 11.5 Å². The number of hydrogen-bond donors (Lipinski definition) is 1. The van der Waals surface area contributed by atoms with Gasteiger partial charge in [-0.1, -0.05) is 6.07 Å². The molecule has 2 aromatic rings. The van der Waals surface area contributed by atoms with Crippen LogP contribution in [0.15, 0.2) is 24.4 Å². The monoisotopic (exact) mass is 345 g/mol. The Morgan fingerprint density at radius 1 is 1.40 bits per heavy atom. The molecule has 25 heavy (non-hydrogen) atoms. The standard InChI is InChI=1S/C17H23N5O3/c1-3-25-17(24)21-9-6-7-13(11-21)16(23)18-12(2)15-20-19-14-8-4-5-10-22(14)15/h4-5,8,10,12-13H,3,6-7,9,11H2,1-2H3,(H,18,23). The first-order chi connectivity index (χ1) is 12.1. The molecule has 2 aromatic heterocycles. The quantitative estimate of drug-likeness (QED) is 0.912. The van der Waals surface area contributed by atoms with Gasteiger partial charge in [0, 0.05) is 19.3 Å². The van der Waals surface area contributed by atoms with Crippen LogP contribution in [0.5, 0.6) is 0 Å². The fourth-order valence-electron chi connectivity index (χ4n) is 3.12. The molecule has 0 radical (unpaired) electrons. The molecule has 0 saturated carbocycles. The molecule has 134 valence electrons. The first-order valence-corrected chi connectivity index (χ1v) is 8.62. The van der Waals surface area contributed by atoms with E-state index in [9.17, 15) is 9.59 Å². The largest absolute Gasteiger partial charge is 0.450 e. The van der Waals surface area contributed by atoms with E-state index in [1.54, 1.807) is 11.8 Å². The van der Waals surface area contributed by atoms with Crippen molar-refractivity contribution in [1.82, 2.24) is 24.8 Å². The average molecular weight is 345 g/mol. The first-order valence-electron chi connectivity index (χ1n) is 8.62. The van der Waals surface area contributed by atoms with Crippen molar-refractivity contribution in [3.05, 3.63) is 30.2 Å². The van der Waals surface area contributed by atoms with Gasteiger partial charge in [0.05, 0.1) is 18.6 Å². The molecule has 2 unspecified atom stereocenters. The van der Waals surface area contributed by atoms with Gasteiger partial charge >= 0.3 is 6.09 Å². The minimum Gasteiger partial charge on any atom is -0.450 e. The van der Waals surface area contributed by atoms with Crippen molar-refractivity contribution in [1.29, 1.82) is 0 Å². The molecular weight excluding hydrogens is 322 g/mol. The van der Waals surface area contributed by atoms with Crippen molar-refractivity contribution in [3.8, 4) is 0 Å². The Morgan fingerprint density at radius 2 is 2.24 bits per heavy atom. The molecule has 1 saturated heterocycles. The van der Waals surface area contributed by atoms with Crippen LogP contribution in [0.2, 0.25) is 0 Å². The topological polar surface area (TPSA) is 88.8 Å². The Kier molecular flexibility index (Phi) is 5.16. The third-order valence-corrected chi connectivity index (χ3v) is 4.40. The maximum Gasteiger partial charge on any atom is 0.409 e. The molecule has 3 heterocycles. The highest BCUT2D eigenvalue weighted by Gasteiger charge is 2.30. The van der Waals surface area contributed by atoms with E-state index in [4.69, 9.17) is 4.74 Å². The molecule has 0 bridgehead atoms. The number of likely N-dealkylation sites (tertiary alicyclic amines) is 1. The van der Waals surface area contributed by atoms with Gasteiger partial charge in [-0.25, -0.2) is 4.79 Å². The van der Waals surface area contributed by atoms with Crippen LogP contribution < -0.4 is 5.32 Å². The fourth-order valence-corrected chi connectivity index (χ4v) is 3.12. The lowest BCUT2D eigenvalue weighted by Crippen LogP contribution is -2.46. The maximum absolute atomic E-state index is 12.6. The van der Waals surface area contributed by atoms with Crippen LogP contribution in [-0.4, -0.2) is 51.2 Å². The third-order valence-electron chi connectivity index (χ3n) is 4.40. The highest BCUT2D eigenvalue weighted by molar-refractivity contribution is 5.80. The molecule has 0 aromatic carbocycles. The zero-order valence-corrected chi connectivity index (χ0v) is 14.5. The van der Waals surface area contributed by atoms with E-state index in [0.717, 1.165) is 18.5 Å². The van der Waals surface area contributed by atoms with Gasteiger partial charge in [0.2, 0.25) is 5.91 Å². The summed E-state index contributed by atoms with van der Waals surface area (Å²) in [7, 11) is 0. The van der Waals surface area contributed by atoms with Crippen molar-refractivity contribution in [3.63, 3.8) is 0 Å². The smallest absolute Gasteiger partial charge is 0.409 e. The molecule has 8 heteroatoms. The lowest BCUT2D eigenvalue weighted by molar-refractivity contribution is -0.127. The van der Waals surface area contributed by atoms with Crippen molar-refractivity contribution >= 4 is 17.6 Å². The summed E-state index contributed by atoms with van der Waals surface area (Å²) in [5.74, 6) is 0.371. The minimum absolute atomic E-state index is 0.0748. The van der Waals surface area contributed by atoms with Gasteiger partial charge in [-0.3, -0.25) is 9.20 Å². The van der Waals surface area contributed by atoms with Gasteiger partial charge in [0.1, 0.15) is 0 Å². The molecule has 1 fully saturated rings. The van der Waals surface area contributed by atoms with Gasteiger partial charge in [-0.05, 0) is 38.8 Å². The molecule has 0 aliphatic carbocycles.